The zero-order valence-corrected chi connectivity index (χ0v) is 7.12. The second kappa shape index (κ2) is 3.57. The highest BCUT2D eigenvalue weighted by Gasteiger charge is 2.35. The Morgan fingerprint density at radius 1 is 1.75 bits per heavy atom. The first-order valence-electron chi connectivity index (χ1n) is 4.31. The summed E-state index contributed by atoms with van der Waals surface area (Å²) in [6.45, 7) is 1.93. The zero-order chi connectivity index (χ0) is 9.14. The van der Waals surface area contributed by atoms with Gasteiger partial charge in [-0.15, -0.1) is 0 Å². The van der Waals surface area contributed by atoms with E-state index in [9.17, 15) is 9.90 Å². The number of hydrogen-bond donors (Lipinski definition) is 0. The molecule has 3 heteroatoms. The summed E-state index contributed by atoms with van der Waals surface area (Å²) in [6, 6.07) is 1.81. The van der Waals surface area contributed by atoms with Crippen LogP contribution in [-0.4, -0.2) is 5.97 Å². The van der Waals surface area contributed by atoms with Crippen molar-refractivity contribution >= 4 is 5.97 Å². The van der Waals surface area contributed by atoms with Crippen LogP contribution < -0.4 is 5.11 Å². The molecule has 0 aromatic carbocycles. The van der Waals surface area contributed by atoms with Crippen LogP contribution in [0.4, 0.5) is 0 Å². The van der Waals surface area contributed by atoms with Crippen LogP contribution in [0.25, 0.3) is 0 Å². The molecule has 0 N–H and O–H groups in total. The molecule has 66 valence electrons. The lowest BCUT2D eigenvalue weighted by Gasteiger charge is -2.20. The van der Waals surface area contributed by atoms with E-state index in [4.69, 9.17) is 5.26 Å². The van der Waals surface area contributed by atoms with E-state index in [0.29, 0.717) is 5.92 Å². The molecule has 1 aliphatic carbocycles. The van der Waals surface area contributed by atoms with Crippen LogP contribution >= 0.6 is 0 Å². The summed E-state index contributed by atoms with van der Waals surface area (Å²) < 4.78 is 0. The number of carboxylic acid groups (broad SMARTS) is 1. The quantitative estimate of drug-likeness (QED) is 0.603. The number of carbonyl (C=O) groups is 1. The average molecular weight is 166 g/mol. The first kappa shape index (κ1) is 9.05. The average Bonchev–Trinajstić information content (AvgIpc) is 2.81. The molecule has 0 aliphatic heterocycles. The first-order valence-corrected chi connectivity index (χ1v) is 4.31. The third-order valence-corrected chi connectivity index (χ3v) is 2.52. The Morgan fingerprint density at radius 3 is 2.58 bits per heavy atom. The number of carboxylic acids is 1. The van der Waals surface area contributed by atoms with Gasteiger partial charge in [0.25, 0.3) is 0 Å². The molecule has 1 fully saturated rings. The fraction of sp³-hybridized carbons (Fsp3) is 0.778. The van der Waals surface area contributed by atoms with Gasteiger partial charge in [-0.3, -0.25) is 0 Å². The van der Waals surface area contributed by atoms with Gasteiger partial charge in [-0.05, 0) is 24.7 Å². The second-order valence-corrected chi connectivity index (χ2v) is 3.34. The number of nitriles is 1. The minimum atomic E-state index is -1.21. The number of aliphatic carboxylic acids is 1. The molecule has 0 radical (unpaired) electrons. The molecule has 0 heterocycles. The van der Waals surface area contributed by atoms with E-state index in [1.807, 2.05) is 13.0 Å². The minimum absolute atomic E-state index is 0.0139. The molecule has 1 aliphatic rings. The van der Waals surface area contributed by atoms with Gasteiger partial charge in [-0.2, -0.15) is 5.26 Å². The van der Waals surface area contributed by atoms with Gasteiger partial charge in [-0.1, -0.05) is 13.3 Å². The van der Waals surface area contributed by atoms with Crippen molar-refractivity contribution in [3.05, 3.63) is 0 Å². The zero-order valence-electron chi connectivity index (χ0n) is 7.12. The van der Waals surface area contributed by atoms with E-state index in [-0.39, 0.29) is 5.92 Å². The van der Waals surface area contributed by atoms with Crippen LogP contribution in [-0.2, 0) is 4.79 Å². The molecule has 0 saturated heterocycles. The predicted molar refractivity (Wildman–Crippen MR) is 40.6 cm³/mol. The molecular weight excluding hydrogens is 154 g/mol. The van der Waals surface area contributed by atoms with Crippen molar-refractivity contribution in [1.82, 2.24) is 0 Å². The van der Waals surface area contributed by atoms with Gasteiger partial charge in [-0.25, -0.2) is 0 Å². The normalized spacial score (nSPS) is 21.0. The smallest absolute Gasteiger partial charge is 0.0888 e. The van der Waals surface area contributed by atoms with E-state index in [1.165, 1.54) is 0 Å². The van der Waals surface area contributed by atoms with Gasteiger partial charge < -0.3 is 9.90 Å². The van der Waals surface area contributed by atoms with Gasteiger partial charge in [0.2, 0.25) is 0 Å². The molecule has 0 amide bonds. The van der Waals surface area contributed by atoms with E-state index < -0.39 is 11.9 Å². The third-order valence-electron chi connectivity index (χ3n) is 2.52. The van der Waals surface area contributed by atoms with Crippen molar-refractivity contribution in [3.8, 4) is 6.07 Å². The Balaban J connectivity index is 2.61. The molecule has 12 heavy (non-hydrogen) atoms. The van der Waals surface area contributed by atoms with E-state index in [1.54, 1.807) is 0 Å². The highest BCUT2D eigenvalue weighted by Crippen LogP contribution is 2.41. The largest absolute Gasteiger partial charge is 0.549 e. The Bertz CT molecular complexity index is 215. The number of hydrogen-bond acceptors (Lipinski definition) is 3. The molecule has 0 aromatic heterocycles. The fourth-order valence-corrected chi connectivity index (χ4v) is 1.69. The Hall–Kier alpha value is -1.04. The first-order chi connectivity index (χ1) is 5.70. The van der Waals surface area contributed by atoms with E-state index >= 15 is 0 Å². The van der Waals surface area contributed by atoms with Gasteiger partial charge >= 0.3 is 0 Å². The highest BCUT2D eigenvalue weighted by molar-refractivity contribution is 5.71. The summed E-state index contributed by atoms with van der Waals surface area (Å²) in [4.78, 5) is 10.5. The minimum Gasteiger partial charge on any atom is -0.549 e. The van der Waals surface area contributed by atoms with Crippen LogP contribution in [0.2, 0.25) is 0 Å². The van der Waals surface area contributed by atoms with Crippen LogP contribution in [0, 0.1) is 29.1 Å². The molecule has 0 aromatic rings. The van der Waals surface area contributed by atoms with Crippen molar-refractivity contribution in [3.63, 3.8) is 0 Å². The van der Waals surface area contributed by atoms with Gasteiger partial charge in [0, 0.05) is 0 Å². The maximum Gasteiger partial charge on any atom is 0.0888 e. The van der Waals surface area contributed by atoms with Crippen molar-refractivity contribution in [2.45, 2.75) is 26.2 Å². The summed E-state index contributed by atoms with van der Waals surface area (Å²) in [5.41, 5.74) is 0. The van der Waals surface area contributed by atoms with Crippen LogP contribution in [0.3, 0.4) is 0 Å². The monoisotopic (exact) mass is 166 g/mol. The fourth-order valence-electron chi connectivity index (χ4n) is 1.69. The summed E-state index contributed by atoms with van der Waals surface area (Å²) in [7, 11) is 0. The summed E-state index contributed by atoms with van der Waals surface area (Å²) in [5, 5.41) is 19.1. The summed E-state index contributed by atoms with van der Waals surface area (Å²) in [6.07, 6.45) is 2.91. The van der Waals surface area contributed by atoms with Crippen molar-refractivity contribution in [2.75, 3.05) is 0 Å². The lowest BCUT2D eigenvalue weighted by atomic mass is 9.87. The van der Waals surface area contributed by atoms with Crippen molar-refractivity contribution < 1.29 is 9.90 Å². The molecule has 0 spiro atoms. The Morgan fingerprint density at radius 2 is 2.33 bits per heavy atom. The Kier molecular flexibility index (Phi) is 2.69. The molecule has 2 atom stereocenters. The predicted octanol–water partition coefficient (Wildman–Crippen LogP) is 0.312. The van der Waals surface area contributed by atoms with Crippen molar-refractivity contribution in [1.29, 1.82) is 5.26 Å². The summed E-state index contributed by atoms with van der Waals surface area (Å²) in [5.74, 6) is -1.64. The third kappa shape index (κ3) is 1.76. The van der Waals surface area contributed by atoms with Gasteiger partial charge in [0.1, 0.15) is 0 Å². The molecule has 2 unspecified atom stereocenters. The maximum absolute atomic E-state index is 10.5. The molecule has 1 saturated carbocycles. The standard InChI is InChI=1S/C9H13NO2/c1-2-7(6-3-4-6)8(5-10)9(11)12/h6-8H,2-4H2,1H3,(H,11,12)/p-1. The lowest BCUT2D eigenvalue weighted by molar-refractivity contribution is -0.311. The van der Waals surface area contributed by atoms with Gasteiger partial charge in [0.15, 0.2) is 0 Å². The Labute approximate surface area is 72.0 Å². The maximum atomic E-state index is 10.5. The second-order valence-electron chi connectivity index (χ2n) is 3.34. The van der Waals surface area contributed by atoms with E-state index in [0.717, 1.165) is 19.3 Å². The number of carbonyl (C=O) groups excluding carboxylic acids is 1. The van der Waals surface area contributed by atoms with Crippen LogP contribution in [0.5, 0.6) is 0 Å². The van der Waals surface area contributed by atoms with Crippen LogP contribution in [0.15, 0.2) is 0 Å². The molecule has 1 rings (SSSR count). The molecular formula is C9H12NO2-. The number of rotatable bonds is 4. The van der Waals surface area contributed by atoms with Gasteiger partial charge in [0.05, 0.1) is 18.0 Å². The van der Waals surface area contributed by atoms with E-state index in [2.05, 4.69) is 0 Å². The molecule has 3 nitrogen and oxygen atoms in total. The van der Waals surface area contributed by atoms with Crippen LogP contribution in [0.1, 0.15) is 26.2 Å². The highest BCUT2D eigenvalue weighted by atomic mass is 16.4. The topological polar surface area (TPSA) is 63.9 Å². The molecule has 0 bridgehead atoms. The summed E-state index contributed by atoms with van der Waals surface area (Å²) >= 11 is 0. The lowest BCUT2D eigenvalue weighted by Crippen LogP contribution is -2.35. The number of nitrogens with zero attached hydrogens (tertiary/aromatic N) is 1. The SMILES string of the molecule is CCC(C1CC1)C(C#N)C(=O)[O-]. The van der Waals surface area contributed by atoms with Crippen molar-refractivity contribution in [2.24, 2.45) is 17.8 Å².